The molecule has 0 aromatic carbocycles. The van der Waals surface area contributed by atoms with E-state index in [9.17, 15) is 0 Å². The first-order chi connectivity index (χ1) is 4.72. The fourth-order valence-electron chi connectivity index (χ4n) is 0.343. The molecule has 0 radical (unpaired) electrons. The summed E-state index contributed by atoms with van der Waals surface area (Å²) < 4.78 is 8.97. The van der Waals surface area contributed by atoms with Gasteiger partial charge in [-0.15, -0.1) is 0 Å². The second kappa shape index (κ2) is 7.14. The van der Waals surface area contributed by atoms with E-state index < -0.39 is 0 Å². The molecular weight excluding hydrogens is 397 g/mol. The summed E-state index contributed by atoms with van der Waals surface area (Å²) in [5, 5.41) is 0. The second-order valence-corrected chi connectivity index (χ2v) is 10.5. The summed E-state index contributed by atoms with van der Waals surface area (Å²) >= 11 is 12.3. The van der Waals surface area contributed by atoms with Gasteiger partial charge in [0.2, 0.25) is 0 Å². The summed E-state index contributed by atoms with van der Waals surface area (Å²) in [6.07, 6.45) is 0. The van der Waals surface area contributed by atoms with Gasteiger partial charge in [0.15, 0.2) is 0 Å². The molecule has 0 bridgehead atoms. The number of rotatable bonds is 0. The van der Waals surface area contributed by atoms with Crippen molar-refractivity contribution in [3.8, 4) is 0 Å². The third-order valence-corrected chi connectivity index (χ3v) is 11.0. The molecule has 1 fully saturated rings. The molecule has 1 aliphatic rings. The Labute approximate surface area is 95.4 Å². The summed E-state index contributed by atoms with van der Waals surface area (Å²) in [5.74, 6) is 0. The first-order valence-corrected chi connectivity index (χ1v) is 9.12. The minimum atomic E-state index is 0.470. The van der Waals surface area contributed by atoms with Crippen LogP contribution in [0, 0.1) is 0 Å². The van der Waals surface area contributed by atoms with Gasteiger partial charge in [0.05, 0.1) is 0 Å². The quantitative estimate of drug-likeness (QED) is 0.258. The molecule has 9 heavy (non-hydrogen) atoms. The fraction of sp³-hybridized carbons (Fsp3) is 1.00. The maximum atomic E-state index is 6.20. The van der Waals surface area contributed by atoms with Gasteiger partial charge in [-0.3, -0.25) is 0 Å². The molecule has 0 aliphatic carbocycles. The zero-order chi connectivity index (χ0) is 7.98. The predicted octanol–water partition coefficient (Wildman–Crippen LogP) is 1.35. The van der Waals surface area contributed by atoms with Gasteiger partial charge in [-0.05, 0) is 4.91 Å². The SMILES string of the molecule is SC1[Se]C[Se]C1S.[2H]CI. The van der Waals surface area contributed by atoms with Crippen molar-refractivity contribution in [2.24, 2.45) is 0 Å². The third kappa shape index (κ3) is 4.83. The Bertz CT molecular complexity index is 79.7. The molecule has 56 valence electrons. The van der Waals surface area contributed by atoms with Crippen LogP contribution in [-0.4, -0.2) is 43.1 Å². The van der Waals surface area contributed by atoms with Crippen molar-refractivity contribution in [3.05, 3.63) is 0 Å². The van der Waals surface area contributed by atoms with Gasteiger partial charge in [-0.25, -0.2) is 0 Å². The zero-order valence-electron chi connectivity index (χ0n) is 5.66. The van der Waals surface area contributed by atoms with Crippen molar-refractivity contribution in [1.82, 2.24) is 0 Å². The first-order valence-electron chi connectivity index (χ1n) is 2.87. The molecule has 0 saturated carbocycles. The summed E-state index contributed by atoms with van der Waals surface area (Å²) in [6.45, 7) is 0. The average molecular weight is 407 g/mol. The van der Waals surface area contributed by atoms with Crippen molar-refractivity contribution in [3.63, 3.8) is 0 Å². The molecule has 1 saturated heterocycles. The number of hydrogen-bond donors (Lipinski definition) is 2. The second-order valence-electron chi connectivity index (χ2n) is 1.23. The van der Waals surface area contributed by atoms with E-state index in [0.29, 0.717) is 13.2 Å². The summed E-state index contributed by atoms with van der Waals surface area (Å²) in [6, 6.07) is 0. The molecule has 0 aromatic rings. The van der Waals surface area contributed by atoms with Gasteiger partial charge in [0.25, 0.3) is 0 Å². The van der Waals surface area contributed by atoms with Crippen molar-refractivity contribution in [2.75, 3.05) is 4.91 Å². The molecule has 1 rings (SSSR count). The molecule has 1 heterocycles. The maximum Gasteiger partial charge on any atom is 0.0341 e. The van der Waals surface area contributed by atoms with Crippen LogP contribution in [0.2, 0.25) is 4.22 Å². The normalized spacial score (nSPS) is 34.8. The van der Waals surface area contributed by atoms with Crippen molar-refractivity contribution in [2.45, 2.75) is 12.5 Å². The van der Waals surface area contributed by atoms with Gasteiger partial charge < -0.3 is 0 Å². The number of halogens is 1. The van der Waals surface area contributed by atoms with Crippen LogP contribution < -0.4 is 0 Å². The van der Waals surface area contributed by atoms with Gasteiger partial charge in [-0.2, -0.15) is 0 Å². The van der Waals surface area contributed by atoms with Crippen LogP contribution >= 0.6 is 47.8 Å². The van der Waals surface area contributed by atoms with Crippen molar-refractivity contribution in [1.29, 1.82) is 0 Å². The van der Waals surface area contributed by atoms with Crippen LogP contribution in [0.15, 0.2) is 0 Å². The standard InChI is InChI=1S/C3H6S2Se2.CH3I/c4-2-3(5)7-1-6-2;1-2/h2-5H,1H2;1H3/i;1D. The van der Waals surface area contributed by atoms with Crippen molar-refractivity contribution >= 4 is 77.8 Å². The summed E-state index contributed by atoms with van der Waals surface area (Å²) in [5.41, 5.74) is 0. The number of hydrogen-bond acceptors (Lipinski definition) is 2. The summed E-state index contributed by atoms with van der Waals surface area (Å²) in [4.78, 5) is 0.470. The van der Waals surface area contributed by atoms with Gasteiger partial charge >= 0.3 is 67.7 Å². The Morgan fingerprint density at radius 1 is 1.56 bits per heavy atom. The topological polar surface area (TPSA) is 0 Å². The van der Waals surface area contributed by atoms with Crippen molar-refractivity contribution < 1.29 is 1.37 Å². The van der Waals surface area contributed by atoms with E-state index in [1.807, 2.05) is 22.6 Å². The van der Waals surface area contributed by atoms with E-state index in [1.54, 1.807) is 0 Å². The fourth-order valence-corrected chi connectivity index (χ4v) is 11.6. The van der Waals surface area contributed by atoms with Crippen LogP contribution in [0.5, 0.6) is 0 Å². The van der Waals surface area contributed by atoms with Gasteiger partial charge in [0.1, 0.15) is 0 Å². The largest absolute Gasteiger partial charge is 0.0901 e. The van der Waals surface area contributed by atoms with E-state index >= 15 is 0 Å². The monoisotopic (exact) mass is 409 g/mol. The Balaban J connectivity index is 0.000000236. The van der Waals surface area contributed by atoms with E-state index in [2.05, 4.69) is 25.3 Å². The molecule has 0 aromatic heterocycles. The Kier molecular flexibility index (Phi) is 7.58. The van der Waals surface area contributed by atoms with Crippen LogP contribution in [-0.2, 0) is 0 Å². The number of thiol groups is 2. The van der Waals surface area contributed by atoms with Crippen LogP contribution in [0.25, 0.3) is 0 Å². The summed E-state index contributed by atoms with van der Waals surface area (Å²) in [7, 11) is 0. The Morgan fingerprint density at radius 2 is 1.89 bits per heavy atom. The minimum absolute atomic E-state index is 0.470. The van der Waals surface area contributed by atoms with Gasteiger partial charge in [0, 0.05) is 1.37 Å². The predicted molar refractivity (Wildman–Crippen MR) is 61.8 cm³/mol. The van der Waals surface area contributed by atoms with Gasteiger partial charge in [-0.1, -0.05) is 22.6 Å². The maximum absolute atomic E-state index is 6.20. The van der Waals surface area contributed by atoms with E-state index in [1.165, 1.54) is 4.22 Å². The Hall–Kier alpha value is 2.47. The number of alkyl halides is 1. The van der Waals surface area contributed by atoms with E-state index in [-0.39, 0.29) is 0 Å². The molecular formula is C4H9IS2Se2. The molecule has 0 nitrogen and oxygen atoms in total. The zero-order valence-corrected chi connectivity index (χ0v) is 12.0. The Morgan fingerprint density at radius 3 is 2.00 bits per heavy atom. The molecule has 2 unspecified atom stereocenters. The molecule has 0 N–H and O–H groups in total. The molecule has 5 heteroatoms. The van der Waals surface area contributed by atoms with Crippen LogP contribution in [0.3, 0.4) is 0 Å². The third-order valence-electron chi connectivity index (χ3n) is 0.722. The van der Waals surface area contributed by atoms with Crippen LogP contribution in [0.1, 0.15) is 1.37 Å². The molecule has 0 amide bonds. The first kappa shape index (κ1) is 9.56. The van der Waals surface area contributed by atoms with E-state index in [4.69, 9.17) is 1.37 Å². The van der Waals surface area contributed by atoms with E-state index in [0.717, 1.165) is 29.9 Å². The smallest absolute Gasteiger partial charge is 0.0341 e. The molecule has 0 spiro atoms. The van der Waals surface area contributed by atoms with Crippen LogP contribution in [0.4, 0.5) is 0 Å². The molecule has 1 aliphatic heterocycles. The molecule has 2 atom stereocenters. The minimum Gasteiger partial charge on any atom is -0.0901 e. The average Bonchev–Trinajstić information content (AvgIpc) is 2.19.